The number of ether oxygens (including phenoxy) is 1. The molecule has 11 heteroatoms. The molecule has 0 saturated carbocycles. The molecule has 3 aromatic rings. The van der Waals surface area contributed by atoms with Gasteiger partial charge in [-0.1, -0.05) is 0 Å². The molecule has 0 radical (unpaired) electrons. The van der Waals surface area contributed by atoms with Crippen LogP contribution < -0.4 is 10.5 Å². The standard InChI is InChI=1S/C23H31N5O4S2/c1-25(11-12-32-3)17-5-6-24-21(13-17)20-16-26(2)23(29)19-14-18(33-22(19)20)15-27-7-9-28(10-8-27)34(4,30)31/h5-6,13-14,16H,7-12,15H2,1-4H3. The van der Waals surface area contributed by atoms with Crippen molar-refractivity contribution in [2.45, 2.75) is 6.54 Å². The molecule has 9 nitrogen and oxygen atoms in total. The van der Waals surface area contributed by atoms with Crippen LogP contribution in [0.4, 0.5) is 5.69 Å². The van der Waals surface area contributed by atoms with Crippen molar-refractivity contribution in [3.63, 3.8) is 0 Å². The number of methoxy groups -OCH3 is 1. The van der Waals surface area contributed by atoms with E-state index in [0.29, 0.717) is 44.7 Å². The first-order valence-corrected chi connectivity index (χ1v) is 13.8. The van der Waals surface area contributed by atoms with Gasteiger partial charge in [0.05, 0.1) is 28.6 Å². The van der Waals surface area contributed by atoms with Gasteiger partial charge in [0.2, 0.25) is 10.0 Å². The van der Waals surface area contributed by atoms with Gasteiger partial charge in [0.1, 0.15) is 0 Å². The molecule has 3 aromatic heterocycles. The first-order chi connectivity index (χ1) is 16.2. The third-order valence-electron chi connectivity index (χ3n) is 6.17. The van der Waals surface area contributed by atoms with Crippen LogP contribution in [0.2, 0.25) is 0 Å². The van der Waals surface area contributed by atoms with Crippen molar-refractivity contribution in [2.75, 3.05) is 64.6 Å². The SMILES string of the molecule is COCCN(C)c1ccnc(-c2cn(C)c(=O)c3cc(CN4CCN(S(C)(=O)=O)CC4)sc23)c1. The van der Waals surface area contributed by atoms with Crippen molar-refractivity contribution < 1.29 is 13.2 Å². The highest BCUT2D eigenvalue weighted by atomic mass is 32.2. The van der Waals surface area contributed by atoms with Gasteiger partial charge >= 0.3 is 0 Å². The summed E-state index contributed by atoms with van der Waals surface area (Å²) in [4.78, 5) is 22.9. The predicted octanol–water partition coefficient (Wildman–Crippen LogP) is 1.82. The predicted molar refractivity (Wildman–Crippen MR) is 137 cm³/mol. The van der Waals surface area contributed by atoms with E-state index in [9.17, 15) is 13.2 Å². The summed E-state index contributed by atoms with van der Waals surface area (Å²) in [5.41, 5.74) is 2.75. The van der Waals surface area contributed by atoms with Gasteiger partial charge in [0.15, 0.2) is 0 Å². The van der Waals surface area contributed by atoms with Crippen LogP contribution in [0.3, 0.4) is 0 Å². The maximum atomic E-state index is 12.9. The molecule has 0 bridgehead atoms. The van der Waals surface area contributed by atoms with Crippen LogP contribution in [-0.4, -0.2) is 86.9 Å². The number of sulfonamides is 1. The molecule has 1 fully saturated rings. The van der Waals surface area contributed by atoms with E-state index in [1.165, 1.54) is 10.6 Å². The lowest BCUT2D eigenvalue weighted by Gasteiger charge is -2.32. The second-order valence-electron chi connectivity index (χ2n) is 8.67. The van der Waals surface area contributed by atoms with E-state index >= 15 is 0 Å². The lowest BCUT2D eigenvalue weighted by atomic mass is 10.1. The number of hydrogen-bond donors (Lipinski definition) is 0. The van der Waals surface area contributed by atoms with Crippen molar-refractivity contribution in [1.29, 1.82) is 0 Å². The maximum absolute atomic E-state index is 12.9. The van der Waals surface area contributed by atoms with Crippen molar-refractivity contribution in [1.82, 2.24) is 18.8 Å². The Balaban J connectivity index is 1.63. The number of anilines is 1. The Bertz CT molecular complexity index is 1330. The van der Waals surface area contributed by atoms with E-state index in [1.807, 2.05) is 31.4 Å². The van der Waals surface area contributed by atoms with Gasteiger partial charge in [-0.2, -0.15) is 4.31 Å². The van der Waals surface area contributed by atoms with Crippen LogP contribution in [0.5, 0.6) is 0 Å². The smallest absolute Gasteiger partial charge is 0.259 e. The molecule has 184 valence electrons. The molecule has 4 heterocycles. The number of aryl methyl sites for hydroxylation is 1. The summed E-state index contributed by atoms with van der Waals surface area (Å²) in [6.45, 7) is 4.40. The molecule has 1 saturated heterocycles. The van der Waals surface area contributed by atoms with Gasteiger partial charge in [-0.15, -0.1) is 11.3 Å². The fourth-order valence-corrected chi connectivity index (χ4v) is 6.20. The van der Waals surface area contributed by atoms with Crippen molar-refractivity contribution in [2.24, 2.45) is 7.05 Å². The van der Waals surface area contributed by atoms with Gasteiger partial charge in [-0.3, -0.25) is 14.7 Å². The quantitative estimate of drug-likeness (QED) is 0.462. The van der Waals surface area contributed by atoms with E-state index in [-0.39, 0.29) is 5.56 Å². The summed E-state index contributed by atoms with van der Waals surface area (Å²) in [7, 11) is 2.31. The Morgan fingerprint density at radius 2 is 1.94 bits per heavy atom. The summed E-state index contributed by atoms with van der Waals surface area (Å²) < 4.78 is 32.8. The van der Waals surface area contributed by atoms with Crippen LogP contribution in [0, 0.1) is 0 Å². The number of thiophene rings is 1. The number of piperazine rings is 1. The average molecular weight is 506 g/mol. The molecule has 1 aliphatic heterocycles. The molecule has 34 heavy (non-hydrogen) atoms. The van der Waals surface area contributed by atoms with Crippen LogP contribution in [0.1, 0.15) is 4.88 Å². The molecule has 0 unspecified atom stereocenters. The summed E-state index contributed by atoms with van der Waals surface area (Å²) in [6, 6.07) is 5.98. The second kappa shape index (κ2) is 10.1. The third kappa shape index (κ3) is 5.33. The van der Waals surface area contributed by atoms with Gasteiger partial charge in [0, 0.05) is 89.0 Å². The minimum Gasteiger partial charge on any atom is -0.383 e. The Labute approximate surface area is 204 Å². The Hall–Kier alpha value is -2.31. The van der Waals surface area contributed by atoms with Crippen molar-refractivity contribution >= 4 is 37.1 Å². The Morgan fingerprint density at radius 3 is 2.62 bits per heavy atom. The van der Waals surface area contributed by atoms with E-state index in [1.54, 1.807) is 36.3 Å². The first kappa shape index (κ1) is 24.8. The van der Waals surface area contributed by atoms with Crippen molar-refractivity contribution in [3.8, 4) is 11.3 Å². The van der Waals surface area contributed by atoms with E-state index in [2.05, 4.69) is 14.8 Å². The fraction of sp³-hybridized carbons (Fsp3) is 0.478. The van der Waals surface area contributed by atoms with E-state index in [4.69, 9.17) is 4.74 Å². The monoisotopic (exact) mass is 505 g/mol. The molecule has 1 aliphatic rings. The molecule has 0 N–H and O–H groups in total. The normalized spacial score (nSPS) is 15.8. The topological polar surface area (TPSA) is 88.0 Å². The molecule has 0 amide bonds. The maximum Gasteiger partial charge on any atom is 0.259 e. The third-order valence-corrected chi connectivity index (χ3v) is 8.63. The molecule has 0 aliphatic carbocycles. The molecular weight excluding hydrogens is 474 g/mol. The number of likely N-dealkylation sites (N-methyl/N-ethyl adjacent to an activating group) is 1. The number of rotatable bonds is 8. The fourth-order valence-electron chi connectivity index (χ4n) is 4.16. The summed E-state index contributed by atoms with van der Waals surface area (Å²) in [5.74, 6) is 0. The molecule has 0 aromatic carbocycles. The minimum absolute atomic E-state index is 0.0310. The van der Waals surface area contributed by atoms with Crippen LogP contribution >= 0.6 is 11.3 Å². The Kier molecular flexibility index (Phi) is 7.39. The highest BCUT2D eigenvalue weighted by molar-refractivity contribution is 7.88. The highest BCUT2D eigenvalue weighted by Crippen LogP contribution is 2.34. The van der Waals surface area contributed by atoms with Gasteiger partial charge < -0.3 is 14.2 Å². The van der Waals surface area contributed by atoms with Crippen molar-refractivity contribution in [3.05, 3.63) is 45.8 Å². The number of pyridine rings is 2. The zero-order chi connectivity index (χ0) is 24.5. The zero-order valence-electron chi connectivity index (χ0n) is 20.0. The van der Waals surface area contributed by atoms with Gasteiger partial charge in [0.25, 0.3) is 5.56 Å². The van der Waals surface area contributed by atoms with E-state index in [0.717, 1.165) is 33.1 Å². The lowest BCUT2D eigenvalue weighted by molar-refractivity contribution is 0.183. The number of fused-ring (bicyclic) bond motifs is 1. The molecular formula is C23H31N5O4S2. The minimum atomic E-state index is -3.16. The molecule has 0 spiro atoms. The number of aromatic nitrogens is 2. The summed E-state index contributed by atoms with van der Waals surface area (Å²) in [5, 5.41) is 0.690. The van der Waals surface area contributed by atoms with Gasteiger partial charge in [-0.25, -0.2) is 8.42 Å². The Morgan fingerprint density at radius 1 is 1.21 bits per heavy atom. The number of nitrogens with zero attached hydrogens (tertiary/aromatic N) is 5. The molecule has 0 atom stereocenters. The van der Waals surface area contributed by atoms with E-state index < -0.39 is 10.0 Å². The average Bonchev–Trinajstić information content (AvgIpc) is 3.23. The van der Waals surface area contributed by atoms with Crippen LogP contribution in [-0.2, 0) is 28.4 Å². The highest BCUT2D eigenvalue weighted by Gasteiger charge is 2.24. The van der Waals surface area contributed by atoms with Gasteiger partial charge in [-0.05, 0) is 18.2 Å². The first-order valence-electron chi connectivity index (χ1n) is 11.1. The zero-order valence-corrected chi connectivity index (χ0v) is 21.7. The van der Waals surface area contributed by atoms with Crippen LogP contribution in [0.15, 0.2) is 35.4 Å². The summed E-state index contributed by atoms with van der Waals surface area (Å²) >= 11 is 1.61. The lowest BCUT2D eigenvalue weighted by Crippen LogP contribution is -2.47. The second-order valence-corrected chi connectivity index (χ2v) is 11.8. The largest absolute Gasteiger partial charge is 0.383 e. The number of hydrogen-bond acceptors (Lipinski definition) is 8. The summed E-state index contributed by atoms with van der Waals surface area (Å²) in [6.07, 6.45) is 4.90. The van der Waals surface area contributed by atoms with Crippen LogP contribution in [0.25, 0.3) is 21.3 Å². The molecule has 4 rings (SSSR count).